The van der Waals surface area contributed by atoms with E-state index in [1.54, 1.807) is 18.2 Å². The zero-order valence-electron chi connectivity index (χ0n) is 14.2. The first-order valence-corrected chi connectivity index (χ1v) is 8.82. The molecule has 0 spiro atoms. The number of carbonyl (C=O) groups is 2. The van der Waals surface area contributed by atoms with Crippen molar-refractivity contribution in [1.29, 1.82) is 0 Å². The van der Waals surface area contributed by atoms with Gasteiger partial charge in [0.15, 0.2) is 0 Å². The predicted octanol–water partition coefficient (Wildman–Crippen LogP) is 2.28. The van der Waals surface area contributed by atoms with Crippen LogP contribution >= 0.6 is 11.6 Å². The number of hydrogen-bond acceptors (Lipinski definition) is 5. The predicted molar refractivity (Wildman–Crippen MR) is 102 cm³/mol. The monoisotopic (exact) mass is 390 g/mol. The van der Waals surface area contributed by atoms with Gasteiger partial charge in [-0.25, -0.2) is 9.59 Å². The van der Waals surface area contributed by atoms with Crippen molar-refractivity contribution in [2.75, 3.05) is 0 Å². The molecule has 1 N–H and O–H groups in total. The van der Waals surface area contributed by atoms with Crippen LogP contribution in [0.4, 0.5) is 0 Å². The lowest BCUT2D eigenvalue weighted by molar-refractivity contribution is -0.128. The zero-order chi connectivity index (χ0) is 19.4. The fourth-order valence-electron chi connectivity index (χ4n) is 3.46. The van der Waals surface area contributed by atoms with Gasteiger partial charge in [0.25, 0.3) is 0 Å². The lowest BCUT2D eigenvalue weighted by Gasteiger charge is -2.02. The van der Waals surface area contributed by atoms with Gasteiger partial charge in [0.2, 0.25) is 0 Å². The van der Waals surface area contributed by atoms with Gasteiger partial charge in [-0.1, -0.05) is 48.0 Å². The van der Waals surface area contributed by atoms with Gasteiger partial charge in [0.05, 0.1) is 16.2 Å². The molecule has 0 aromatic heterocycles. The largest absolute Gasteiger partial charge is 0.506 e. The van der Waals surface area contributed by atoms with Gasteiger partial charge in [-0.2, -0.15) is 0 Å². The molecule has 0 aliphatic carbocycles. The molecule has 0 amide bonds. The summed E-state index contributed by atoms with van der Waals surface area (Å²) < 4.78 is 10.9. The van der Waals surface area contributed by atoms with E-state index < -0.39 is 11.9 Å². The number of carbonyl (C=O) groups excluding carboxylic acids is 2. The number of hydrogen-bond donors (Lipinski definition) is 1. The van der Waals surface area contributed by atoms with Crippen LogP contribution in [0, 0.1) is 0 Å². The fraction of sp³-hybridized carbons (Fsp3) is 0. The van der Waals surface area contributed by atoms with Crippen molar-refractivity contribution in [2.24, 2.45) is 0 Å². The van der Waals surface area contributed by atoms with Crippen molar-refractivity contribution in [1.82, 2.24) is 0 Å². The highest BCUT2D eigenvalue weighted by Gasteiger charge is 2.30. The molecule has 28 heavy (non-hydrogen) atoms. The molecule has 3 aromatic rings. The molecule has 6 heteroatoms. The summed E-state index contributed by atoms with van der Waals surface area (Å²) in [6.07, 6.45) is 0. The number of esters is 2. The number of phenols is 1. The Morgan fingerprint density at radius 3 is 1.86 bits per heavy atom. The maximum absolute atomic E-state index is 12.5. The van der Waals surface area contributed by atoms with E-state index in [2.05, 4.69) is 0 Å². The Morgan fingerprint density at radius 2 is 1.29 bits per heavy atom. The zero-order valence-corrected chi connectivity index (χ0v) is 15.0. The molecular weight excluding hydrogens is 380 g/mol. The second-order valence-corrected chi connectivity index (χ2v) is 6.81. The molecule has 5 rings (SSSR count). The first kappa shape index (κ1) is 16.6. The van der Waals surface area contributed by atoms with Crippen LogP contribution < -0.4 is 19.9 Å². The molecule has 0 saturated carbocycles. The summed E-state index contributed by atoms with van der Waals surface area (Å²) in [6.45, 7) is 0. The maximum atomic E-state index is 12.5. The maximum Gasteiger partial charge on any atom is 0.344 e. The minimum absolute atomic E-state index is 0.0809. The van der Waals surface area contributed by atoms with Crippen LogP contribution in [-0.4, -0.2) is 17.0 Å². The number of ether oxygens (including phenoxy) is 2. The molecule has 0 saturated heterocycles. The molecule has 0 unspecified atom stereocenters. The fourth-order valence-corrected chi connectivity index (χ4v) is 3.64. The summed E-state index contributed by atoms with van der Waals surface area (Å²) in [5, 5.41) is 10.8. The van der Waals surface area contributed by atoms with Crippen LogP contribution in [0.2, 0.25) is 5.02 Å². The van der Waals surface area contributed by atoms with Crippen LogP contribution in [0.1, 0.15) is 11.1 Å². The molecule has 2 heterocycles. The number of aromatic hydroxyl groups is 1. The smallest absolute Gasteiger partial charge is 0.344 e. The van der Waals surface area contributed by atoms with E-state index in [1.807, 2.05) is 30.3 Å². The summed E-state index contributed by atoms with van der Waals surface area (Å²) in [5.41, 5.74) is 1.95. The average Bonchev–Trinajstić information content (AvgIpc) is 3.17. The van der Waals surface area contributed by atoms with E-state index in [0.29, 0.717) is 38.6 Å². The average molecular weight is 391 g/mol. The Hall–Kier alpha value is -3.57. The molecule has 136 valence electrons. The Kier molecular flexibility index (Phi) is 3.54. The van der Waals surface area contributed by atoms with Crippen LogP contribution in [0.15, 0.2) is 60.7 Å². The normalized spacial score (nSPS) is 14.6. The second-order valence-electron chi connectivity index (χ2n) is 6.41. The molecule has 0 radical (unpaired) electrons. The third-order valence-corrected chi connectivity index (χ3v) is 5.04. The van der Waals surface area contributed by atoms with E-state index in [4.69, 9.17) is 21.1 Å². The summed E-state index contributed by atoms with van der Waals surface area (Å²) in [5.74, 6) is -0.362. The van der Waals surface area contributed by atoms with E-state index in [0.717, 1.165) is 5.56 Å². The summed E-state index contributed by atoms with van der Waals surface area (Å²) in [7, 11) is 0. The van der Waals surface area contributed by atoms with Crippen LogP contribution in [0.5, 0.6) is 17.2 Å². The van der Waals surface area contributed by atoms with Crippen molar-refractivity contribution in [3.63, 3.8) is 0 Å². The Morgan fingerprint density at radius 1 is 0.714 bits per heavy atom. The minimum Gasteiger partial charge on any atom is -0.506 e. The number of phenolic OH excluding ortho intramolecular Hbond substituents is 1. The van der Waals surface area contributed by atoms with E-state index in [-0.39, 0.29) is 10.8 Å². The SMILES string of the molecule is O=C1Oc2cc3c(cc2=C1c1ccccc1)OC(=O)C=3c1ccc(O)c(Cl)c1. The first-order chi connectivity index (χ1) is 13.5. The molecule has 0 atom stereocenters. The standard InChI is InChI=1S/C22H11ClO5/c23-15-8-12(6-7-16(15)24)20-14-10-17-13(9-18(14)28-22(20)26)19(21(25)27-17)11-4-2-1-3-5-11/h1-10,24H. The third kappa shape index (κ3) is 2.41. The second kappa shape index (κ2) is 5.97. The third-order valence-electron chi connectivity index (χ3n) is 4.73. The topological polar surface area (TPSA) is 72.8 Å². The van der Waals surface area contributed by atoms with Gasteiger partial charge in [-0.05, 0) is 35.4 Å². The van der Waals surface area contributed by atoms with Gasteiger partial charge < -0.3 is 14.6 Å². The summed E-state index contributed by atoms with van der Waals surface area (Å²) in [4.78, 5) is 24.9. The van der Waals surface area contributed by atoms with Crippen LogP contribution in [-0.2, 0) is 9.59 Å². The summed E-state index contributed by atoms with van der Waals surface area (Å²) in [6, 6.07) is 16.9. The van der Waals surface area contributed by atoms with Crippen molar-refractivity contribution >= 4 is 34.7 Å². The van der Waals surface area contributed by atoms with Gasteiger partial charge >= 0.3 is 11.9 Å². The van der Waals surface area contributed by atoms with E-state index in [9.17, 15) is 14.7 Å². The van der Waals surface area contributed by atoms with Crippen molar-refractivity contribution in [3.05, 3.63) is 87.3 Å². The van der Waals surface area contributed by atoms with Crippen LogP contribution in [0.3, 0.4) is 0 Å². The molecule has 2 aliphatic heterocycles. The van der Waals surface area contributed by atoms with Gasteiger partial charge in [0.1, 0.15) is 17.2 Å². The number of rotatable bonds is 2. The summed E-state index contributed by atoms with van der Waals surface area (Å²) >= 11 is 5.98. The highest BCUT2D eigenvalue weighted by Crippen LogP contribution is 2.30. The lowest BCUT2D eigenvalue weighted by Crippen LogP contribution is -2.11. The molecule has 0 fully saturated rings. The number of halogens is 1. The quantitative estimate of drug-likeness (QED) is 0.537. The highest BCUT2D eigenvalue weighted by atomic mass is 35.5. The molecule has 2 aliphatic rings. The Bertz CT molecular complexity index is 1310. The van der Waals surface area contributed by atoms with Crippen molar-refractivity contribution in [2.45, 2.75) is 0 Å². The van der Waals surface area contributed by atoms with Crippen LogP contribution in [0.25, 0.3) is 11.1 Å². The number of fused-ring (bicyclic) bond motifs is 2. The molecular formula is C22H11ClO5. The first-order valence-electron chi connectivity index (χ1n) is 8.44. The van der Waals surface area contributed by atoms with Gasteiger partial charge in [0, 0.05) is 10.4 Å². The van der Waals surface area contributed by atoms with E-state index in [1.165, 1.54) is 12.1 Å². The van der Waals surface area contributed by atoms with Crippen molar-refractivity contribution < 1.29 is 24.2 Å². The Labute approximate surface area is 163 Å². The van der Waals surface area contributed by atoms with Crippen molar-refractivity contribution in [3.8, 4) is 17.2 Å². The minimum atomic E-state index is -0.534. The molecule has 3 aromatic carbocycles. The lowest BCUT2D eigenvalue weighted by atomic mass is 10.0. The van der Waals surface area contributed by atoms with Gasteiger partial charge in [-0.15, -0.1) is 0 Å². The number of benzene rings is 3. The van der Waals surface area contributed by atoms with Gasteiger partial charge in [-0.3, -0.25) is 0 Å². The highest BCUT2D eigenvalue weighted by molar-refractivity contribution is 6.32. The Balaban J connectivity index is 1.78. The molecule has 5 nitrogen and oxygen atoms in total. The van der Waals surface area contributed by atoms with E-state index >= 15 is 0 Å². The molecule has 0 bridgehead atoms.